The van der Waals surface area contributed by atoms with E-state index >= 15 is 0 Å². The van der Waals surface area contributed by atoms with Gasteiger partial charge in [-0.15, -0.1) is 23.7 Å². The van der Waals surface area contributed by atoms with E-state index < -0.39 is 0 Å². The monoisotopic (exact) mass is 425 g/mol. The smallest absolute Gasteiger partial charge is 0.245 e. The standard InChI is InChI=1S/C21H31N3O2S.ClH/c1-2-3-18(21(26)24-8-6-19-15(13-24)7-9-27-19)23-20(25)12-14-10-16-4-5-17(11-14)22-16;/h7,9,14,16-18,22H,2-6,8,10-13H2,1H3,(H,23,25);1H. The van der Waals surface area contributed by atoms with E-state index in [1.807, 2.05) is 4.90 Å². The molecule has 0 saturated carbocycles. The third kappa shape index (κ3) is 4.89. The second-order valence-corrected chi connectivity index (χ2v) is 9.47. The average molecular weight is 426 g/mol. The lowest BCUT2D eigenvalue weighted by molar-refractivity contribution is -0.137. The van der Waals surface area contributed by atoms with Gasteiger partial charge >= 0.3 is 0 Å². The van der Waals surface area contributed by atoms with Crippen LogP contribution in [-0.2, 0) is 22.6 Å². The normalized spacial score (nSPS) is 26.9. The van der Waals surface area contributed by atoms with Crippen LogP contribution in [0.3, 0.4) is 0 Å². The van der Waals surface area contributed by atoms with Crippen molar-refractivity contribution < 1.29 is 9.59 Å². The molecule has 1 aromatic rings. The lowest BCUT2D eigenvalue weighted by Gasteiger charge is -2.32. The Morgan fingerprint density at radius 2 is 2.07 bits per heavy atom. The van der Waals surface area contributed by atoms with Gasteiger partial charge in [0.1, 0.15) is 6.04 Å². The average Bonchev–Trinajstić information content (AvgIpc) is 3.26. The van der Waals surface area contributed by atoms with Crippen molar-refractivity contribution in [1.29, 1.82) is 0 Å². The maximum atomic E-state index is 13.1. The number of carbonyl (C=O) groups is 2. The summed E-state index contributed by atoms with van der Waals surface area (Å²) in [5.74, 6) is 0.609. The highest BCUT2D eigenvalue weighted by Crippen LogP contribution is 2.32. The summed E-state index contributed by atoms with van der Waals surface area (Å²) in [5.41, 5.74) is 1.27. The molecule has 3 aliphatic heterocycles. The van der Waals surface area contributed by atoms with Crippen molar-refractivity contribution in [3.05, 3.63) is 21.9 Å². The maximum Gasteiger partial charge on any atom is 0.245 e. The summed E-state index contributed by atoms with van der Waals surface area (Å²) >= 11 is 1.78. The highest BCUT2D eigenvalue weighted by molar-refractivity contribution is 7.10. The number of rotatable bonds is 6. The largest absolute Gasteiger partial charge is 0.344 e. The third-order valence-corrected chi connectivity index (χ3v) is 7.40. The summed E-state index contributed by atoms with van der Waals surface area (Å²) in [6.07, 6.45) is 7.81. The molecule has 3 aliphatic rings. The van der Waals surface area contributed by atoms with Crippen LogP contribution < -0.4 is 10.6 Å². The highest BCUT2D eigenvalue weighted by atomic mass is 35.5. The predicted octanol–water partition coefficient (Wildman–Crippen LogP) is 3.26. The Kier molecular flexibility index (Phi) is 7.40. The number of hydrogen-bond donors (Lipinski definition) is 2. The van der Waals surface area contributed by atoms with Gasteiger partial charge in [0.05, 0.1) is 0 Å². The van der Waals surface area contributed by atoms with Crippen molar-refractivity contribution >= 4 is 35.6 Å². The first kappa shape index (κ1) is 21.6. The van der Waals surface area contributed by atoms with E-state index in [4.69, 9.17) is 0 Å². The van der Waals surface area contributed by atoms with Gasteiger partial charge in [0.2, 0.25) is 11.8 Å². The van der Waals surface area contributed by atoms with Crippen LogP contribution in [0.4, 0.5) is 0 Å². The minimum absolute atomic E-state index is 0. The van der Waals surface area contributed by atoms with Gasteiger partial charge in [0, 0.05) is 36.5 Å². The number of thiophene rings is 1. The summed E-state index contributed by atoms with van der Waals surface area (Å²) in [5, 5.41) is 8.82. The number of piperidine rings is 1. The number of nitrogens with zero attached hydrogens (tertiary/aromatic N) is 1. The molecule has 2 bridgehead atoms. The van der Waals surface area contributed by atoms with Gasteiger partial charge in [-0.2, -0.15) is 0 Å². The first-order valence-corrected chi connectivity index (χ1v) is 11.4. The van der Waals surface area contributed by atoms with Crippen LogP contribution in [0.5, 0.6) is 0 Å². The molecule has 7 heteroatoms. The fourth-order valence-electron chi connectivity index (χ4n) is 5.06. The zero-order valence-corrected chi connectivity index (χ0v) is 18.2. The molecular weight excluding hydrogens is 394 g/mol. The van der Waals surface area contributed by atoms with E-state index in [1.165, 1.54) is 23.3 Å². The summed E-state index contributed by atoms with van der Waals surface area (Å²) in [6.45, 7) is 3.52. The van der Waals surface area contributed by atoms with Gasteiger partial charge < -0.3 is 15.5 Å². The molecule has 5 nitrogen and oxygen atoms in total. The number of hydrogen-bond acceptors (Lipinski definition) is 4. The molecule has 2 amide bonds. The molecule has 28 heavy (non-hydrogen) atoms. The molecule has 2 N–H and O–H groups in total. The molecule has 0 radical (unpaired) electrons. The molecule has 0 aromatic carbocycles. The molecule has 2 saturated heterocycles. The number of nitrogens with one attached hydrogen (secondary N) is 2. The van der Waals surface area contributed by atoms with Crippen LogP contribution in [0, 0.1) is 5.92 Å². The van der Waals surface area contributed by atoms with E-state index in [9.17, 15) is 9.59 Å². The topological polar surface area (TPSA) is 61.4 Å². The zero-order valence-electron chi connectivity index (χ0n) is 16.6. The Balaban J connectivity index is 0.00000225. The van der Waals surface area contributed by atoms with Crippen molar-refractivity contribution in [3.63, 3.8) is 0 Å². The van der Waals surface area contributed by atoms with Crippen molar-refractivity contribution in [3.8, 4) is 0 Å². The van der Waals surface area contributed by atoms with Crippen molar-refractivity contribution in [2.24, 2.45) is 5.92 Å². The molecule has 4 heterocycles. The van der Waals surface area contributed by atoms with Gasteiger partial charge in [-0.05, 0) is 61.5 Å². The van der Waals surface area contributed by atoms with Crippen LogP contribution in [-0.4, -0.2) is 41.4 Å². The Labute approximate surface area is 178 Å². The summed E-state index contributed by atoms with van der Waals surface area (Å²) < 4.78 is 0. The number of fused-ring (bicyclic) bond motifs is 3. The lowest BCUT2D eigenvalue weighted by atomic mass is 9.89. The highest BCUT2D eigenvalue weighted by Gasteiger charge is 2.35. The van der Waals surface area contributed by atoms with Gasteiger partial charge in [-0.1, -0.05) is 13.3 Å². The number of halogens is 1. The fraction of sp³-hybridized carbons (Fsp3) is 0.714. The Morgan fingerprint density at radius 3 is 2.79 bits per heavy atom. The Bertz CT molecular complexity index is 683. The van der Waals surface area contributed by atoms with Crippen LogP contribution in [0.25, 0.3) is 0 Å². The van der Waals surface area contributed by atoms with Gasteiger partial charge in [-0.25, -0.2) is 0 Å². The van der Waals surface area contributed by atoms with Crippen LogP contribution in [0.15, 0.2) is 11.4 Å². The predicted molar refractivity (Wildman–Crippen MR) is 115 cm³/mol. The summed E-state index contributed by atoms with van der Waals surface area (Å²) in [4.78, 5) is 29.1. The summed E-state index contributed by atoms with van der Waals surface area (Å²) in [6, 6.07) is 2.95. The Hall–Kier alpha value is -1.11. The van der Waals surface area contributed by atoms with Crippen molar-refractivity contribution in [2.75, 3.05) is 6.54 Å². The molecule has 4 rings (SSSR count). The molecule has 0 aliphatic carbocycles. The first-order valence-electron chi connectivity index (χ1n) is 10.5. The molecule has 0 spiro atoms. The van der Waals surface area contributed by atoms with Crippen molar-refractivity contribution in [1.82, 2.24) is 15.5 Å². The van der Waals surface area contributed by atoms with Crippen LogP contribution >= 0.6 is 23.7 Å². The second kappa shape index (κ2) is 9.59. The summed E-state index contributed by atoms with van der Waals surface area (Å²) in [7, 11) is 0. The van der Waals surface area contributed by atoms with Crippen LogP contribution in [0.2, 0.25) is 0 Å². The molecule has 3 unspecified atom stereocenters. The minimum atomic E-state index is -0.374. The third-order valence-electron chi connectivity index (χ3n) is 6.37. The van der Waals surface area contributed by atoms with E-state index in [-0.39, 0.29) is 30.3 Å². The van der Waals surface area contributed by atoms with Crippen LogP contribution in [0.1, 0.15) is 62.3 Å². The molecule has 1 aromatic heterocycles. The van der Waals surface area contributed by atoms with Gasteiger partial charge in [-0.3, -0.25) is 9.59 Å². The SMILES string of the molecule is CCCC(NC(=O)CC1CC2CCC(C1)N2)C(=O)N1CCc2sccc2C1.Cl. The quantitative estimate of drug-likeness (QED) is 0.735. The maximum absolute atomic E-state index is 13.1. The second-order valence-electron chi connectivity index (χ2n) is 8.47. The van der Waals surface area contributed by atoms with Gasteiger partial charge in [0.15, 0.2) is 0 Å². The molecular formula is C21H32ClN3O2S. The first-order chi connectivity index (χ1) is 13.1. The van der Waals surface area contributed by atoms with Crippen molar-refractivity contribution in [2.45, 2.75) is 83.0 Å². The van der Waals surface area contributed by atoms with E-state index in [0.717, 1.165) is 38.6 Å². The fourth-order valence-corrected chi connectivity index (χ4v) is 5.95. The lowest BCUT2D eigenvalue weighted by Crippen LogP contribution is -2.50. The molecule has 3 atom stereocenters. The number of amides is 2. The minimum Gasteiger partial charge on any atom is -0.344 e. The number of carbonyl (C=O) groups excluding carboxylic acids is 2. The van der Waals surface area contributed by atoms with E-state index in [2.05, 4.69) is 29.0 Å². The van der Waals surface area contributed by atoms with Gasteiger partial charge in [0.25, 0.3) is 0 Å². The molecule has 156 valence electrons. The van der Waals surface area contributed by atoms with E-state index in [1.54, 1.807) is 11.3 Å². The molecule has 2 fully saturated rings. The van der Waals surface area contributed by atoms with E-state index in [0.29, 0.717) is 31.0 Å². The Morgan fingerprint density at radius 1 is 1.32 bits per heavy atom. The zero-order chi connectivity index (χ0) is 18.8.